The molecule has 0 bridgehead atoms. The number of anilines is 1. The Hall–Kier alpha value is -0.760. The number of rotatable bonds is 5. The highest BCUT2D eigenvalue weighted by atomic mass is 35.5. The van der Waals surface area contributed by atoms with Gasteiger partial charge >= 0.3 is 0 Å². The van der Waals surface area contributed by atoms with E-state index in [0.717, 1.165) is 18.5 Å². The van der Waals surface area contributed by atoms with Gasteiger partial charge in [-0.25, -0.2) is 4.39 Å². The maximum atomic E-state index is 13.7. The quantitative estimate of drug-likeness (QED) is 0.706. The van der Waals surface area contributed by atoms with Gasteiger partial charge in [-0.15, -0.1) is 11.6 Å². The van der Waals surface area contributed by atoms with Crippen molar-refractivity contribution >= 4 is 17.3 Å². The van der Waals surface area contributed by atoms with Crippen LogP contribution in [0.25, 0.3) is 0 Å². The zero-order valence-electron chi connectivity index (χ0n) is 10.1. The Labute approximate surface area is 102 Å². The summed E-state index contributed by atoms with van der Waals surface area (Å²) in [5.74, 6) is 0.703. The fourth-order valence-electron chi connectivity index (χ4n) is 1.78. The molecule has 1 aromatic rings. The summed E-state index contributed by atoms with van der Waals surface area (Å²) in [7, 11) is 1.92. The second-order valence-corrected chi connectivity index (χ2v) is 4.54. The first-order valence-corrected chi connectivity index (χ1v) is 6.18. The molecule has 1 aromatic carbocycles. The molecular weight excluding hydrogens is 225 g/mol. The van der Waals surface area contributed by atoms with Gasteiger partial charge in [0, 0.05) is 19.5 Å². The van der Waals surface area contributed by atoms with E-state index in [-0.39, 0.29) is 5.82 Å². The van der Waals surface area contributed by atoms with E-state index >= 15 is 0 Å². The molecular formula is C13H19ClFN. The lowest BCUT2D eigenvalue weighted by Gasteiger charge is -2.25. The summed E-state index contributed by atoms with van der Waals surface area (Å²) >= 11 is 5.83. The second-order valence-electron chi connectivity index (χ2n) is 4.28. The fourth-order valence-corrected chi connectivity index (χ4v) is 2.00. The second kappa shape index (κ2) is 6.09. The number of para-hydroxylation sites is 1. The van der Waals surface area contributed by atoms with Gasteiger partial charge in [-0.2, -0.15) is 0 Å². The van der Waals surface area contributed by atoms with E-state index in [4.69, 9.17) is 11.6 Å². The monoisotopic (exact) mass is 243 g/mol. The molecule has 1 atom stereocenters. The van der Waals surface area contributed by atoms with Crippen molar-refractivity contribution in [1.82, 2.24) is 0 Å². The Balaban J connectivity index is 2.93. The van der Waals surface area contributed by atoms with Gasteiger partial charge in [0.15, 0.2) is 0 Å². The standard InChI is InChI=1S/C13H19ClFN/c1-4-10(2)9-16(3)13-11(8-14)6-5-7-12(13)15/h5-7,10H,4,8-9H2,1-3H3. The molecule has 16 heavy (non-hydrogen) atoms. The first-order chi connectivity index (χ1) is 7.60. The zero-order chi connectivity index (χ0) is 12.1. The average molecular weight is 244 g/mol. The molecule has 3 heteroatoms. The van der Waals surface area contributed by atoms with E-state index in [9.17, 15) is 4.39 Å². The van der Waals surface area contributed by atoms with Crippen LogP contribution in [0.4, 0.5) is 10.1 Å². The Kier molecular flexibility index (Phi) is 5.07. The fraction of sp³-hybridized carbons (Fsp3) is 0.538. The van der Waals surface area contributed by atoms with Crippen LogP contribution in [0.15, 0.2) is 18.2 Å². The predicted molar refractivity (Wildman–Crippen MR) is 68.7 cm³/mol. The average Bonchev–Trinajstić information content (AvgIpc) is 2.28. The van der Waals surface area contributed by atoms with Crippen LogP contribution < -0.4 is 4.90 Å². The topological polar surface area (TPSA) is 3.24 Å². The minimum absolute atomic E-state index is 0.191. The number of hydrogen-bond donors (Lipinski definition) is 0. The Bertz CT molecular complexity index is 341. The minimum atomic E-state index is -0.191. The molecule has 1 rings (SSSR count). The van der Waals surface area contributed by atoms with Crippen molar-refractivity contribution in [1.29, 1.82) is 0 Å². The van der Waals surface area contributed by atoms with Crippen molar-refractivity contribution in [2.45, 2.75) is 26.1 Å². The summed E-state index contributed by atoms with van der Waals surface area (Å²) in [5.41, 5.74) is 1.49. The van der Waals surface area contributed by atoms with E-state index in [0.29, 0.717) is 17.5 Å². The third kappa shape index (κ3) is 3.11. The van der Waals surface area contributed by atoms with E-state index in [2.05, 4.69) is 13.8 Å². The molecule has 0 aliphatic rings. The maximum absolute atomic E-state index is 13.7. The summed E-state index contributed by atoms with van der Waals surface area (Å²) in [6, 6.07) is 5.06. The third-order valence-corrected chi connectivity index (χ3v) is 3.17. The van der Waals surface area contributed by atoms with Crippen LogP contribution in [-0.4, -0.2) is 13.6 Å². The zero-order valence-corrected chi connectivity index (χ0v) is 10.9. The van der Waals surface area contributed by atoms with E-state index in [1.807, 2.05) is 18.0 Å². The Morgan fingerprint density at radius 2 is 2.12 bits per heavy atom. The highest BCUT2D eigenvalue weighted by Gasteiger charge is 2.13. The molecule has 0 fully saturated rings. The molecule has 0 aromatic heterocycles. The van der Waals surface area contributed by atoms with Gasteiger partial charge < -0.3 is 4.90 Å². The highest BCUT2D eigenvalue weighted by molar-refractivity contribution is 6.17. The van der Waals surface area contributed by atoms with Crippen molar-refractivity contribution < 1.29 is 4.39 Å². The summed E-state index contributed by atoms with van der Waals surface area (Å²) in [5, 5.41) is 0. The molecule has 0 saturated carbocycles. The van der Waals surface area contributed by atoms with Crippen molar-refractivity contribution in [2.24, 2.45) is 5.92 Å². The Morgan fingerprint density at radius 1 is 1.44 bits per heavy atom. The van der Waals surface area contributed by atoms with Crippen LogP contribution in [0, 0.1) is 11.7 Å². The molecule has 0 amide bonds. The molecule has 0 heterocycles. The molecule has 0 spiro atoms. The number of nitrogens with zero attached hydrogens (tertiary/aromatic N) is 1. The normalized spacial score (nSPS) is 12.6. The van der Waals surface area contributed by atoms with Crippen LogP contribution in [0.1, 0.15) is 25.8 Å². The molecule has 0 aliphatic heterocycles. The molecule has 0 aliphatic carbocycles. The molecule has 1 unspecified atom stereocenters. The smallest absolute Gasteiger partial charge is 0.146 e. The van der Waals surface area contributed by atoms with Gasteiger partial charge in [0.25, 0.3) is 0 Å². The van der Waals surface area contributed by atoms with Crippen LogP contribution in [0.5, 0.6) is 0 Å². The summed E-state index contributed by atoms with van der Waals surface area (Å²) in [6.07, 6.45) is 1.09. The summed E-state index contributed by atoms with van der Waals surface area (Å²) in [4.78, 5) is 1.96. The van der Waals surface area contributed by atoms with Crippen LogP contribution in [-0.2, 0) is 5.88 Å². The van der Waals surface area contributed by atoms with E-state index in [1.165, 1.54) is 6.07 Å². The lowest BCUT2D eigenvalue weighted by Crippen LogP contribution is -2.25. The largest absolute Gasteiger partial charge is 0.372 e. The number of benzene rings is 1. The van der Waals surface area contributed by atoms with Gasteiger partial charge in [-0.3, -0.25) is 0 Å². The Morgan fingerprint density at radius 3 is 2.69 bits per heavy atom. The van der Waals surface area contributed by atoms with Gasteiger partial charge in [-0.1, -0.05) is 32.4 Å². The van der Waals surface area contributed by atoms with Crippen molar-refractivity contribution in [3.63, 3.8) is 0 Å². The SMILES string of the molecule is CCC(C)CN(C)c1c(F)cccc1CCl. The summed E-state index contributed by atoms with van der Waals surface area (Å²) in [6.45, 7) is 5.15. The third-order valence-electron chi connectivity index (χ3n) is 2.88. The van der Waals surface area contributed by atoms with Gasteiger partial charge in [0.1, 0.15) is 5.82 Å². The van der Waals surface area contributed by atoms with Crippen LogP contribution in [0.2, 0.25) is 0 Å². The van der Waals surface area contributed by atoms with Crippen molar-refractivity contribution in [2.75, 3.05) is 18.5 Å². The lowest BCUT2D eigenvalue weighted by molar-refractivity contribution is 0.549. The first kappa shape index (κ1) is 13.3. The molecule has 0 N–H and O–H groups in total. The van der Waals surface area contributed by atoms with Crippen molar-refractivity contribution in [3.8, 4) is 0 Å². The van der Waals surface area contributed by atoms with Gasteiger partial charge in [-0.05, 0) is 17.5 Å². The van der Waals surface area contributed by atoms with Crippen molar-refractivity contribution in [3.05, 3.63) is 29.6 Å². The van der Waals surface area contributed by atoms with E-state index in [1.54, 1.807) is 6.07 Å². The minimum Gasteiger partial charge on any atom is -0.372 e. The predicted octanol–water partition coefficient (Wildman–Crippen LogP) is 4.05. The number of hydrogen-bond acceptors (Lipinski definition) is 1. The molecule has 0 radical (unpaired) electrons. The first-order valence-electron chi connectivity index (χ1n) is 5.64. The summed E-state index contributed by atoms with van der Waals surface area (Å²) < 4.78 is 13.7. The van der Waals surface area contributed by atoms with Gasteiger partial charge in [0.05, 0.1) is 5.69 Å². The maximum Gasteiger partial charge on any atom is 0.146 e. The highest BCUT2D eigenvalue weighted by Crippen LogP contribution is 2.25. The van der Waals surface area contributed by atoms with Crippen LogP contribution in [0.3, 0.4) is 0 Å². The molecule has 1 nitrogen and oxygen atoms in total. The molecule has 0 saturated heterocycles. The number of halogens is 2. The lowest BCUT2D eigenvalue weighted by atomic mass is 10.1. The van der Waals surface area contributed by atoms with E-state index < -0.39 is 0 Å². The molecule has 90 valence electrons. The van der Waals surface area contributed by atoms with Gasteiger partial charge in [0.2, 0.25) is 0 Å². The number of alkyl halides is 1. The van der Waals surface area contributed by atoms with Crippen LogP contribution >= 0.6 is 11.6 Å².